The quantitative estimate of drug-likeness (QED) is 0.808. The van der Waals surface area contributed by atoms with Crippen molar-refractivity contribution in [3.05, 3.63) is 56.5 Å². The van der Waals surface area contributed by atoms with Crippen molar-refractivity contribution in [1.82, 2.24) is 0 Å². The lowest BCUT2D eigenvalue weighted by Gasteiger charge is -2.12. The van der Waals surface area contributed by atoms with E-state index in [4.69, 9.17) is 34.8 Å². The lowest BCUT2D eigenvalue weighted by Crippen LogP contribution is -2.01. The number of benzene rings is 2. The zero-order valence-electron chi connectivity index (χ0n) is 10.2. The molecule has 0 unspecified atom stereocenters. The van der Waals surface area contributed by atoms with Gasteiger partial charge in [-0.25, -0.2) is 0 Å². The molecule has 2 aromatic carbocycles. The molecule has 0 saturated heterocycles. The molecular weight excluding hydrogens is 305 g/mol. The third-order valence-corrected chi connectivity index (χ3v) is 3.76. The molecule has 0 aliphatic carbocycles. The number of phenolic OH excluding ortho intramolecular Hbond substituents is 1. The fraction of sp³-hybridized carbons (Fsp3) is 0.143. The summed E-state index contributed by atoms with van der Waals surface area (Å²) in [6, 6.07) is 8.80. The fourth-order valence-corrected chi connectivity index (χ4v) is 2.45. The van der Waals surface area contributed by atoms with Gasteiger partial charge in [0.2, 0.25) is 0 Å². The summed E-state index contributed by atoms with van der Waals surface area (Å²) >= 11 is 17.8. The van der Waals surface area contributed by atoms with Crippen molar-refractivity contribution < 1.29 is 5.11 Å². The third-order valence-electron chi connectivity index (χ3n) is 2.84. The van der Waals surface area contributed by atoms with Crippen LogP contribution in [-0.4, -0.2) is 5.11 Å². The van der Waals surface area contributed by atoms with Gasteiger partial charge in [0, 0.05) is 27.8 Å². The Balaban J connectivity index is 2.21. The Kier molecular flexibility index (Phi) is 4.46. The number of nitrogens with one attached hydrogen (secondary N) is 1. The van der Waals surface area contributed by atoms with Gasteiger partial charge in [-0.15, -0.1) is 0 Å². The molecule has 19 heavy (non-hydrogen) atoms. The number of phenols is 1. The van der Waals surface area contributed by atoms with Crippen molar-refractivity contribution in [3.8, 4) is 5.75 Å². The summed E-state index contributed by atoms with van der Waals surface area (Å²) < 4.78 is 0. The Morgan fingerprint density at radius 3 is 2.58 bits per heavy atom. The average Bonchev–Trinajstić information content (AvgIpc) is 2.36. The van der Waals surface area contributed by atoms with Crippen molar-refractivity contribution in [3.63, 3.8) is 0 Å². The minimum atomic E-state index is 0.0400. The lowest BCUT2D eigenvalue weighted by molar-refractivity contribution is 0.469. The molecule has 2 rings (SSSR count). The van der Waals surface area contributed by atoms with Gasteiger partial charge < -0.3 is 10.4 Å². The molecule has 100 valence electrons. The summed E-state index contributed by atoms with van der Waals surface area (Å²) in [6.07, 6.45) is 0. The molecule has 0 aliphatic heterocycles. The van der Waals surface area contributed by atoms with Crippen molar-refractivity contribution in [2.45, 2.75) is 13.5 Å². The maximum Gasteiger partial charge on any atom is 0.139 e. The van der Waals surface area contributed by atoms with Crippen LogP contribution in [0.3, 0.4) is 0 Å². The summed E-state index contributed by atoms with van der Waals surface area (Å²) in [5.74, 6) is 0.0400. The second-order valence-electron chi connectivity index (χ2n) is 4.16. The number of hydrogen-bond acceptors (Lipinski definition) is 2. The molecule has 2 aromatic rings. The van der Waals surface area contributed by atoms with Gasteiger partial charge >= 0.3 is 0 Å². The molecule has 0 amide bonds. The first-order chi connectivity index (χ1) is 8.99. The maximum absolute atomic E-state index is 9.87. The maximum atomic E-state index is 9.87. The highest BCUT2D eigenvalue weighted by Crippen LogP contribution is 2.32. The van der Waals surface area contributed by atoms with Crippen molar-refractivity contribution >= 4 is 40.5 Å². The molecule has 5 heteroatoms. The molecule has 0 saturated carbocycles. The van der Waals surface area contributed by atoms with Crippen molar-refractivity contribution in [2.75, 3.05) is 5.32 Å². The fourth-order valence-electron chi connectivity index (χ4n) is 1.74. The number of aromatic hydroxyl groups is 1. The van der Waals surface area contributed by atoms with Gasteiger partial charge in [0.15, 0.2) is 0 Å². The molecule has 0 spiro atoms. The van der Waals surface area contributed by atoms with Gasteiger partial charge in [-0.3, -0.25) is 0 Å². The van der Waals surface area contributed by atoms with Crippen LogP contribution in [0.15, 0.2) is 30.3 Å². The van der Waals surface area contributed by atoms with E-state index in [1.54, 1.807) is 6.07 Å². The van der Waals surface area contributed by atoms with E-state index in [1.165, 1.54) is 6.07 Å². The molecule has 0 heterocycles. The summed E-state index contributed by atoms with van der Waals surface area (Å²) in [7, 11) is 0. The van der Waals surface area contributed by atoms with E-state index < -0.39 is 0 Å². The van der Waals surface area contributed by atoms with Crippen LogP contribution in [0.5, 0.6) is 5.75 Å². The van der Waals surface area contributed by atoms with Gasteiger partial charge in [-0.05, 0) is 36.8 Å². The first kappa shape index (κ1) is 14.3. The van der Waals surface area contributed by atoms with Crippen LogP contribution in [0.1, 0.15) is 11.1 Å². The number of halogens is 3. The third kappa shape index (κ3) is 3.27. The number of rotatable bonds is 3. The predicted molar refractivity (Wildman–Crippen MR) is 81.6 cm³/mol. The van der Waals surface area contributed by atoms with Gasteiger partial charge in [0.05, 0.1) is 5.02 Å². The molecule has 2 nitrogen and oxygen atoms in total. The topological polar surface area (TPSA) is 32.3 Å². The Hall–Kier alpha value is -1.09. The number of anilines is 1. The van der Waals surface area contributed by atoms with Crippen LogP contribution in [0.2, 0.25) is 15.1 Å². The Morgan fingerprint density at radius 1 is 1.11 bits per heavy atom. The van der Waals surface area contributed by atoms with E-state index in [-0.39, 0.29) is 10.8 Å². The smallest absolute Gasteiger partial charge is 0.139 e. The molecule has 2 N–H and O–H groups in total. The molecule has 0 atom stereocenters. The van der Waals surface area contributed by atoms with Crippen LogP contribution in [0, 0.1) is 6.92 Å². The zero-order chi connectivity index (χ0) is 14.0. The Morgan fingerprint density at radius 2 is 1.84 bits per heavy atom. The first-order valence-electron chi connectivity index (χ1n) is 5.65. The highest BCUT2D eigenvalue weighted by Gasteiger charge is 2.08. The molecule has 0 fully saturated rings. The highest BCUT2D eigenvalue weighted by molar-refractivity contribution is 6.35. The second kappa shape index (κ2) is 5.91. The molecule has 0 radical (unpaired) electrons. The summed E-state index contributed by atoms with van der Waals surface area (Å²) in [6.45, 7) is 2.34. The van der Waals surface area contributed by atoms with E-state index in [0.29, 0.717) is 22.2 Å². The standard InChI is InChI=1S/C14H12Cl3NO/c1-8-11(16)3-2-4-13(8)18-7-9-5-10(15)6-12(17)14(9)19/h2-6,18-19H,7H2,1H3. The van der Waals surface area contributed by atoms with Gasteiger partial charge in [0.25, 0.3) is 0 Å². The summed E-state index contributed by atoms with van der Waals surface area (Å²) in [5.41, 5.74) is 2.50. The minimum absolute atomic E-state index is 0.0400. The zero-order valence-corrected chi connectivity index (χ0v) is 12.4. The highest BCUT2D eigenvalue weighted by atomic mass is 35.5. The molecule has 0 bridgehead atoms. The number of hydrogen-bond donors (Lipinski definition) is 2. The molecule has 0 aromatic heterocycles. The van der Waals surface area contributed by atoms with Crippen LogP contribution >= 0.6 is 34.8 Å². The SMILES string of the molecule is Cc1c(Cl)cccc1NCc1cc(Cl)cc(Cl)c1O. The molecular formula is C14H12Cl3NO. The largest absolute Gasteiger partial charge is 0.506 e. The predicted octanol–water partition coefficient (Wildman–Crippen LogP) is 5.27. The van der Waals surface area contributed by atoms with Crippen LogP contribution < -0.4 is 5.32 Å². The summed E-state index contributed by atoms with van der Waals surface area (Å²) in [4.78, 5) is 0. The van der Waals surface area contributed by atoms with E-state index in [2.05, 4.69) is 5.32 Å². The molecule has 0 aliphatic rings. The van der Waals surface area contributed by atoms with Gasteiger partial charge in [-0.1, -0.05) is 40.9 Å². The van der Waals surface area contributed by atoms with E-state index in [9.17, 15) is 5.11 Å². The van der Waals surface area contributed by atoms with Crippen LogP contribution in [-0.2, 0) is 6.54 Å². The van der Waals surface area contributed by atoms with Crippen LogP contribution in [0.4, 0.5) is 5.69 Å². The van der Waals surface area contributed by atoms with E-state index >= 15 is 0 Å². The lowest BCUT2D eigenvalue weighted by atomic mass is 10.1. The Bertz CT molecular complexity index is 614. The van der Waals surface area contributed by atoms with E-state index in [1.807, 2.05) is 25.1 Å². The van der Waals surface area contributed by atoms with Crippen molar-refractivity contribution in [2.24, 2.45) is 0 Å². The first-order valence-corrected chi connectivity index (χ1v) is 6.78. The van der Waals surface area contributed by atoms with Crippen molar-refractivity contribution in [1.29, 1.82) is 0 Å². The monoisotopic (exact) mass is 315 g/mol. The normalized spacial score (nSPS) is 10.5. The van der Waals surface area contributed by atoms with Gasteiger partial charge in [0.1, 0.15) is 5.75 Å². The average molecular weight is 317 g/mol. The van der Waals surface area contributed by atoms with E-state index in [0.717, 1.165) is 11.3 Å². The van der Waals surface area contributed by atoms with Crippen LogP contribution in [0.25, 0.3) is 0 Å². The van der Waals surface area contributed by atoms with Gasteiger partial charge in [-0.2, -0.15) is 0 Å². The Labute approximate surface area is 126 Å². The second-order valence-corrected chi connectivity index (χ2v) is 5.41. The summed E-state index contributed by atoms with van der Waals surface area (Å²) in [5, 5.41) is 14.5. The minimum Gasteiger partial charge on any atom is -0.506 e.